The van der Waals surface area contributed by atoms with Crippen LogP contribution >= 0.6 is 0 Å². The van der Waals surface area contributed by atoms with Crippen molar-refractivity contribution in [3.63, 3.8) is 0 Å². The number of H-pyrrole nitrogens is 1. The normalized spacial score (nSPS) is 13.7. The lowest BCUT2D eigenvalue weighted by Gasteiger charge is -2.24. The molecule has 0 unspecified atom stereocenters. The second kappa shape index (κ2) is 7.61. The molecule has 1 atom stereocenters. The number of aryl methyl sites for hydroxylation is 1. The van der Waals surface area contributed by atoms with Gasteiger partial charge >= 0.3 is 5.97 Å². The number of fused-ring (bicyclic) bond motifs is 1. The minimum absolute atomic E-state index is 0.0738. The van der Waals surface area contributed by atoms with E-state index in [4.69, 9.17) is 18.9 Å². The first-order chi connectivity index (χ1) is 12.9. The number of carbonyl (C=O) groups excluding carboxylic acids is 1. The van der Waals surface area contributed by atoms with Gasteiger partial charge in [0.2, 0.25) is 5.75 Å². The number of pyridine rings is 1. The van der Waals surface area contributed by atoms with Gasteiger partial charge in [0.05, 0.1) is 26.2 Å². The van der Waals surface area contributed by atoms with Gasteiger partial charge in [-0.1, -0.05) is 0 Å². The van der Waals surface area contributed by atoms with Crippen molar-refractivity contribution in [3.8, 4) is 23.0 Å². The zero-order chi connectivity index (χ0) is 19.6. The van der Waals surface area contributed by atoms with E-state index in [1.54, 1.807) is 19.1 Å². The van der Waals surface area contributed by atoms with Crippen LogP contribution in [0.15, 0.2) is 23.0 Å². The summed E-state index contributed by atoms with van der Waals surface area (Å²) in [5.74, 6) is -0.140. The van der Waals surface area contributed by atoms with Crippen molar-refractivity contribution in [2.75, 3.05) is 27.4 Å². The second-order valence-corrected chi connectivity index (χ2v) is 6.16. The van der Waals surface area contributed by atoms with E-state index in [9.17, 15) is 14.7 Å². The quantitative estimate of drug-likeness (QED) is 0.768. The average Bonchev–Trinajstić information content (AvgIpc) is 2.65. The Morgan fingerprint density at radius 3 is 2.67 bits per heavy atom. The number of aromatic nitrogens is 1. The topological polar surface area (TPSA) is 107 Å². The summed E-state index contributed by atoms with van der Waals surface area (Å²) < 4.78 is 21.4. The number of carbonyl (C=O) groups is 1. The van der Waals surface area contributed by atoms with Crippen LogP contribution < -0.4 is 19.8 Å². The summed E-state index contributed by atoms with van der Waals surface area (Å²) in [5, 5.41) is 10.4. The number of aromatic hydroxyl groups is 1. The molecule has 2 N–H and O–H groups in total. The first kappa shape index (κ1) is 18.6. The van der Waals surface area contributed by atoms with Gasteiger partial charge in [0.25, 0.3) is 5.56 Å². The van der Waals surface area contributed by atoms with Crippen molar-refractivity contribution in [2.45, 2.75) is 19.3 Å². The van der Waals surface area contributed by atoms with Crippen molar-refractivity contribution in [1.82, 2.24) is 4.98 Å². The van der Waals surface area contributed by atoms with Crippen LogP contribution in [0.25, 0.3) is 0 Å². The van der Waals surface area contributed by atoms with E-state index in [1.165, 1.54) is 20.3 Å². The van der Waals surface area contributed by atoms with Crippen molar-refractivity contribution in [3.05, 3.63) is 45.4 Å². The molecule has 2 heterocycles. The van der Waals surface area contributed by atoms with Crippen LogP contribution in [0.3, 0.4) is 0 Å². The number of aromatic amines is 1. The third-order valence-electron chi connectivity index (χ3n) is 4.38. The van der Waals surface area contributed by atoms with Gasteiger partial charge in [-0.2, -0.15) is 0 Å². The molecule has 0 saturated heterocycles. The molecule has 1 aromatic heterocycles. The Kier molecular flexibility index (Phi) is 5.25. The summed E-state index contributed by atoms with van der Waals surface area (Å²) in [6.45, 7) is 2.43. The molecular formula is C19H21NO7. The highest BCUT2D eigenvalue weighted by molar-refractivity contribution is 5.72. The van der Waals surface area contributed by atoms with E-state index >= 15 is 0 Å². The maximum atomic E-state index is 12.5. The standard InChI is InChI=1S/C19H21NO7/c1-10-6-13(21)17(19(23)20-10)12(9-16(22)25-3)11-7-14(24-2)18-15(8-11)26-4-5-27-18/h6-8,12H,4-5,9H2,1-3H3,(H2,20,21,23)/t12-/m1/s1. The molecule has 2 aromatic rings. The molecule has 0 radical (unpaired) electrons. The van der Waals surface area contributed by atoms with Crippen LogP contribution in [0.2, 0.25) is 0 Å². The number of hydrogen-bond donors (Lipinski definition) is 2. The summed E-state index contributed by atoms with van der Waals surface area (Å²) in [7, 11) is 2.76. The van der Waals surface area contributed by atoms with Crippen LogP contribution in [0.4, 0.5) is 0 Å². The first-order valence-corrected chi connectivity index (χ1v) is 8.41. The van der Waals surface area contributed by atoms with Crippen molar-refractivity contribution in [1.29, 1.82) is 0 Å². The molecule has 3 rings (SSSR count). The summed E-state index contributed by atoms with van der Waals surface area (Å²) in [4.78, 5) is 27.2. The van der Waals surface area contributed by atoms with E-state index in [2.05, 4.69) is 4.98 Å². The predicted octanol–water partition coefficient (Wildman–Crippen LogP) is 1.86. The molecule has 1 aliphatic heterocycles. The zero-order valence-electron chi connectivity index (χ0n) is 15.3. The predicted molar refractivity (Wildman–Crippen MR) is 95.9 cm³/mol. The van der Waals surface area contributed by atoms with Gasteiger partial charge in [0.1, 0.15) is 19.0 Å². The SMILES string of the molecule is COC(=O)C[C@H](c1cc(OC)c2c(c1)OCCO2)c1c(O)cc(C)[nH]c1=O. The first-order valence-electron chi connectivity index (χ1n) is 8.41. The molecule has 8 heteroatoms. The molecule has 0 aliphatic carbocycles. The number of rotatable bonds is 5. The molecule has 0 bridgehead atoms. The summed E-state index contributed by atoms with van der Waals surface area (Å²) in [6.07, 6.45) is -0.140. The van der Waals surface area contributed by atoms with Gasteiger partial charge in [-0.15, -0.1) is 0 Å². The molecule has 0 spiro atoms. The van der Waals surface area contributed by atoms with Gasteiger partial charge in [0, 0.05) is 11.6 Å². The van der Waals surface area contributed by atoms with E-state index in [-0.39, 0.29) is 17.7 Å². The smallest absolute Gasteiger partial charge is 0.306 e. The molecule has 1 aromatic carbocycles. The Morgan fingerprint density at radius 1 is 1.26 bits per heavy atom. The van der Waals surface area contributed by atoms with Gasteiger partial charge < -0.3 is 29.0 Å². The molecule has 8 nitrogen and oxygen atoms in total. The summed E-state index contributed by atoms with van der Waals surface area (Å²) in [6, 6.07) is 4.79. The van der Waals surface area contributed by atoms with E-state index in [1.807, 2.05) is 0 Å². The maximum Gasteiger partial charge on any atom is 0.306 e. The van der Waals surface area contributed by atoms with E-state index < -0.39 is 17.4 Å². The Hall–Kier alpha value is -3.16. The molecule has 144 valence electrons. The minimum Gasteiger partial charge on any atom is -0.507 e. The Balaban J connectivity index is 2.18. The lowest BCUT2D eigenvalue weighted by Crippen LogP contribution is -2.21. The zero-order valence-corrected chi connectivity index (χ0v) is 15.3. The minimum atomic E-state index is -0.758. The molecule has 0 amide bonds. The second-order valence-electron chi connectivity index (χ2n) is 6.16. The number of nitrogens with one attached hydrogen (secondary N) is 1. The number of ether oxygens (including phenoxy) is 4. The number of hydrogen-bond acceptors (Lipinski definition) is 7. The van der Waals surface area contributed by atoms with Crippen LogP contribution in [0.1, 0.15) is 29.2 Å². The third-order valence-corrected chi connectivity index (χ3v) is 4.38. The average molecular weight is 375 g/mol. The van der Waals surface area contributed by atoms with Gasteiger partial charge in [0.15, 0.2) is 11.5 Å². The van der Waals surface area contributed by atoms with Crippen molar-refractivity contribution in [2.24, 2.45) is 0 Å². The number of esters is 1. The van der Waals surface area contributed by atoms with Gasteiger partial charge in [-0.25, -0.2) is 0 Å². The van der Waals surface area contributed by atoms with Crippen LogP contribution in [-0.2, 0) is 9.53 Å². The van der Waals surface area contributed by atoms with Crippen LogP contribution in [0.5, 0.6) is 23.0 Å². The number of methoxy groups -OCH3 is 2. The molecule has 1 aliphatic rings. The Morgan fingerprint density at radius 2 is 2.00 bits per heavy atom. The summed E-state index contributed by atoms with van der Waals surface area (Å²) >= 11 is 0. The van der Waals surface area contributed by atoms with E-state index in [0.29, 0.717) is 41.7 Å². The lowest BCUT2D eigenvalue weighted by molar-refractivity contribution is -0.140. The fourth-order valence-electron chi connectivity index (χ4n) is 3.15. The highest BCUT2D eigenvalue weighted by Gasteiger charge is 2.28. The number of benzene rings is 1. The Labute approximate surface area is 155 Å². The van der Waals surface area contributed by atoms with Crippen molar-refractivity contribution >= 4 is 5.97 Å². The largest absolute Gasteiger partial charge is 0.507 e. The van der Waals surface area contributed by atoms with Gasteiger partial charge in [-0.05, 0) is 30.7 Å². The summed E-state index contributed by atoms with van der Waals surface area (Å²) in [5.41, 5.74) is 0.670. The molecule has 27 heavy (non-hydrogen) atoms. The monoisotopic (exact) mass is 375 g/mol. The highest BCUT2D eigenvalue weighted by Crippen LogP contribution is 2.44. The molecule has 0 fully saturated rings. The fraction of sp³-hybridized carbons (Fsp3) is 0.368. The highest BCUT2D eigenvalue weighted by atomic mass is 16.6. The molecule has 0 saturated carbocycles. The van der Waals surface area contributed by atoms with Gasteiger partial charge in [-0.3, -0.25) is 9.59 Å². The maximum absolute atomic E-state index is 12.5. The van der Waals surface area contributed by atoms with Crippen molar-refractivity contribution < 1.29 is 28.8 Å². The fourth-order valence-corrected chi connectivity index (χ4v) is 3.15. The van der Waals surface area contributed by atoms with Crippen LogP contribution in [0, 0.1) is 6.92 Å². The van der Waals surface area contributed by atoms with E-state index in [0.717, 1.165) is 0 Å². The molecular weight excluding hydrogens is 354 g/mol. The lowest BCUT2D eigenvalue weighted by atomic mass is 9.88. The third kappa shape index (κ3) is 3.69. The Bertz CT molecular complexity index is 902. The van der Waals surface area contributed by atoms with Crippen LogP contribution in [-0.4, -0.2) is 43.5 Å².